The third-order valence-electron chi connectivity index (χ3n) is 5.96. The van der Waals surface area contributed by atoms with Gasteiger partial charge in [0, 0.05) is 18.4 Å². The second-order valence-corrected chi connectivity index (χ2v) is 8.80. The first-order chi connectivity index (χ1) is 16.3. The van der Waals surface area contributed by atoms with Crippen molar-refractivity contribution in [2.75, 3.05) is 32.9 Å². The van der Waals surface area contributed by atoms with Gasteiger partial charge in [-0.25, -0.2) is 0 Å². The lowest BCUT2D eigenvalue weighted by Crippen LogP contribution is -2.56. The summed E-state index contributed by atoms with van der Waals surface area (Å²) in [4.78, 5) is 21.9. The molecule has 1 atom stereocenters. The van der Waals surface area contributed by atoms with Crippen molar-refractivity contribution >= 4 is 6.47 Å². The third kappa shape index (κ3) is 15.3. The first-order valence-electron chi connectivity index (χ1n) is 12.9. The highest BCUT2D eigenvalue weighted by Gasteiger charge is 2.42. The topological polar surface area (TPSA) is 101 Å². The van der Waals surface area contributed by atoms with Crippen LogP contribution in [0.25, 0.3) is 0 Å². The van der Waals surface area contributed by atoms with Gasteiger partial charge in [0.1, 0.15) is 5.60 Å². The van der Waals surface area contributed by atoms with Gasteiger partial charge in [-0.15, -0.1) is 0 Å². The monoisotopic (exact) mass is 484 g/mol. The first kappa shape index (κ1) is 34.5. The zero-order valence-electron chi connectivity index (χ0n) is 23.0. The van der Waals surface area contributed by atoms with Crippen LogP contribution in [0, 0.1) is 18.8 Å². The molecule has 0 bridgehead atoms. The van der Waals surface area contributed by atoms with Gasteiger partial charge in [-0.3, -0.25) is 9.59 Å². The Labute approximate surface area is 208 Å². The maximum Gasteiger partial charge on any atom is 0.290 e. The molecule has 0 radical (unpaired) electrons. The molecule has 2 saturated heterocycles. The summed E-state index contributed by atoms with van der Waals surface area (Å²) in [6, 6.07) is 1.92. The van der Waals surface area contributed by atoms with Crippen molar-refractivity contribution in [3.8, 4) is 0 Å². The molecule has 7 heteroatoms. The molecule has 200 valence electrons. The number of hydrogen-bond donors (Lipinski definition) is 3. The highest BCUT2D eigenvalue weighted by Crippen LogP contribution is 2.30. The molecule has 0 saturated carbocycles. The predicted molar refractivity (Wildman–Crippen MR) is 142 cm³/mol. The zero-order valence-corrected chi connectivity index (χ0v) is 23.0. The molecule has 1 unspecified atom stereocenters. The maximum absolute atomic E-state index is 10.8. The van der Waals surface area contributed by atoms with Gasteiger partial charge in [-0.05, 0) is 69.2 Å². The molecule has 3 rings (SSSR count). The van der Waals surface area contributed by atoms with Crippen molar-refractivity contribution in [2.45, 2.75) is 93.1 Å². The summed E-state index contributed by atoms with van der Waals surface area (Å²) in [6.07, 6.45) is 7.92. The number of aryl methyl sites for hydroxylation is 2. The highest BCUT2D eigenvalue weighted by atomic mass is 16.6. The molecular weight excluding hydrogens is 432 g/mol. The van der Waals surface area contributed by atoms with Gasteiger partial charge in [0.15, 0.2) is 0 Å². The van der Waals surface area contributed by atoms with E-state index < -0.39 is 0 Å². The number of carboxylic acid groups (broad SMARTS) is 1. The molecule has 0 amide bonds. The van der Waals surface area contributed by atoms with E-state index in [0.717, 1.165) is 37.7 Å². The van der Waals surface area contributed by atoms with Crippen LogP contribution < -0.4 is 10.9 Å². The molecule has 3 heterocycles. The minimum absolute atomic E-state index is 0.0113. The van der Waals surface area contributed by atoms with E-state index in [1.165, 1.54) is 44.3 Å². The van der Waals surface area contributed by atoms with Crippen molar-refractivity contribution in [3.05, 3.63) is 33.7 Å². The van der Waals surface area contributed by atoms with Crippen molar-refractivity contribution in [1.82, 2.24) is 10.3 Å². The minimum atomic E-state index is -0.250. The van der Waals surface area contributed by atoms with E-state index >= 15 is 0 Å². The highest BCUT2D eigenvalue weighted by molar-refractivity contribution is 5.32. The third-order valence-corrected chi connectivity index (χ3v) is 5.96. The van der Waals surface area contributed by atoms with Crippen LogP contribution in [0.15, 0.2) is 17.1 Å². The Kier molecular flexibility index (Phi) is 22.1. The number of nitrogens with one attached hydrogen (secondary N) is 2. The lowest BCUT2D eigenvalue weighted by Gasteiger charge is -2.44. The zero-order chi connectivity index (χ0) is 26.4. The second-order valence-electron chi connectivity index (χ2n) is 8.80. The standard InChI is InChI=1S/C12H24O2.C8H11NO.C4H9N.C2H6.CH2O2/c1-5-11(4)6-7-14-12(10(2)3)8-13-9-12;1-3-7-4-6(2)8(10)9-5-7;1-2-4-5-3-1;1-2;2-1-3/h10-11H,5-9H2,1-4H3;4-5H,3H2,1-2H3,(H,9,10);5H,1-4H2;1-2H3;1H,(H,2,3). The summed E-state index contributed by atoms with van der Waals surface area (Å²) < 4.78 is 11.2. The van der Waals surface area contributed by atoms with Gasteiger partial charge in [0.05, 0.1) is 13.2 Å². The van der Waals surface area contributed by atoms with Crippen molar-refractivity contribution in [3.63, 3.8) is 0 Å². The van der Waals surface area contributed by atoms with E-state index in [4.69, 9.17) is 19.4 Å². The Morgan fingerprint density at radius 1 is 1.18 bits per heavy atom. The number of aromatic nitrogens is 1. The molecule has 0 aliphatic carbocycles. The lowest BCUT2D eigenvalue weighted by molar-refractivity contribution is -0.231. The van der Waals surface area contributed by atoms with Gasteiger partial charge in [-0.1, -0.05) is 54.9 Å². The SMILES string of the molecule is C1CCNC1.CC.CCC(C)CCOC1(C(C)C)COC1.CCc1c[nH]c(=O)c(C)c1.O=CO. The van der Waals surface area contributed by atoms with Gasteiger partial charge >= 0.3 is 0 Å². The van der Waals surface area contributed by atoms with Gasteiger partial charge in [0.25, 0.3) is 12.0 Å². The van der Waals surface area contributed by atoms with Crippen LogP contribution in [0.2, 0.25) is 0 Å². The lowest BCUT2D eigenvalue weighted by atomic mass is 9.88. The van der Waals surface area contributed by atoms with E-state index in [-0.39, 0.29) is 17.6 Å². The summed E-state index contributed by atoms with van der Waals surface area (Å²) in [6.45, 7) is 21.5. The summed E-state index contributed by atoms with van der Waals surface area (Å²) in [5, 5.41) is 10.1. The fourth-order valence-corrected chi connectivity index (χ4v) is 3.04. The first-order valence-corrected chi connectivity index (χ1v) is 12.9. The van der Waals surface area contributed by atoms with Crippen LogP contribution in [0.5, 0.6) is 0 Å². The smallest absolute Gasteiger partial charge is 0.290 e. The van der Waals surface area contributed by atoms with E-state index in [1.54, 1.807) is 6.20 Å². The van der Waals surface area contributed by atoms with Gasteiger partial charge in [0.2, 0.25) is 0 Å². The molecule has 2 aliphatic rings. The normalized spacial score (nSPS) is 16.0. The van der Waals surface area contributed by atoms with Gasteiger partial charge < -0.3 is 24.9 Å². The van der Waals surface area contributed by atoms with E-state index in [1.807, 2.05) is 26.8 Å². The minimum Gasteiger partial charge on any atom is -0.483 e. The number of rotatable bonds is 7. The molecule has 0 spiro atoms. The molecular formula is C27H52N2O5. The van der Waals surface area contributed by atoms with E-state index in [0.29, 0.717) is 5.92 Å². The van der Waals surface area contributed by atoms with Crippen LogP contribution in [0.4, 0.5) is 0 Å². The Morgan fingerprint density at radius 2 is 1.74 bits per heavy atom. The van der Waals surface area contributed by atoms with Crippen molar-refractivity contribution < 1.29 is 19.4 Å². The molecule has 3 N–H and O–H groups in total. The van der Waals surface area contributed by atoms with Crippen LogP contribution in [-0.4, -0.2) is 55.1 Å². The number of hydrogen-bond acceptors (Lipinski definition) is 5. The molecule has 0 aromatic carbocycles. The van der Waals surface area contributed by atoms with Gasteiger partial charge in [-0.2, -0.15) is 0 Å². The largest absolute Gasteiger partial charge is 0.483 e. The fourth-order valence-electron chi connectivity index (χ4n) is 3.04. The fraction of sp³-hybridized carbons (Fsp3) is 0.778. The van der Waals surface area contributed by atoms with E-state index in [9.17, 15) is 4.79 Å². The number of aromatic amines is 1. The predicted octanol–water partition coefficient (Wildman–Crippen LogP) is 5.21. The summed E-state index contributed by atoms with van der Waals surface area (Å²) in [5.41, 5.74) is 2.02. The van der Waals surface area contributed by atoms with Crippen LogP contribution in [-0.2, 0) is 20.7 Å². The quantitative estimate of drug-likeness (QED) is 0.460. The number of pyridine rings is 1. The maximum atomic E-state index is 10.8. The summed E-state index contributed by atoms with van der Waals surface area (Å²) >= 11 is 0. The summed E-state index contributed by atoms with van der Waals surface area (Å²) in [5.74, 6) is 1.34. The Bertz CT molecular complexity index is 645. The molecule has 1 aromatic heterocycles. The summed E-state index contributed by atoms with van der Waals surface area (Å²) in [7, 11) is 0. The Hall–Kier alpha value is -1.70. The Balaban J connectivity index is 0. The Morgan fingerprint density at radius 3 is 2.06 bits per heavy atom. The second kappa shape index (κ2) is 21.8. The van der Waals surface area contributed by atoms with E-state index in [2.05, 4.69) is 44.9 Å². The molecule has 34 heavy (non-hydrogen) atoms. The molecule has 2 aliphatic heterocycles. The van der Waals surface area contributed by atoms with Crippen LogP contribution in [0.1, 0.15) is 85.3 Å². The van der Waals surface area contributed by atoms with Crippen molar-refractivity contribution in [2.24, 2.45) is 11.8 Å². The average molecular weight is 485 g/mol. The molecule has 2 fully saturated rings. The molecule has 7 nitrogen and oxygen atoms in total. The van der Waals surface area contributed by atoms with Crippen LogP contribution >= 0.6 is 0 Å². The average Bonchev–Trinajstić information content (AvgIpc) is 3.39. The number of carbonyl (C=O) groups is 1. The van der Waals surface area contributed by atoms with Crippen molar-refractivity contribution in [1.29, 1.82) is 0 Å². The van der Waals surface area contributed by atoms with Crippen LogP contribution in [0.3, 0.4) is 0 Å². The number of H-pyrrole nitrogens is 1. The number of ether oxygens (including phenoxy) is 2. The molecule has 1 aromatic rings.